The molecule has 0 atom stereocenters. The Hall–Kier alpha value is 0.684. The summed E-state index contributed by atoms with van der Waals surface area (Å²) in [5.41, 5.74) is 0. The van der Waals surface area contributed by atoms with Gasteiger partial charge >= 0.3 is 0 Å². The lowest BCUT2D eigenvalue weighted by Gasteiger charge is -2.29. The Labute approximate surface area is 83.4 Å². The Bertz CT molecular complexity index is 132. The van der Waals surface area contributed by atoms with Crippen LogP contribution in [0.1, 0.15) is 19.8 Å². The first-order chi connectivity index (χ1) is 5.27. The van der Waals surface area contributed by atoms with E-state index in [1.54, 1.807) is 0 Å². The van der Waals surface area contributed by atoms with E-state index in [1.165, 1.54) is 18.9 Å². The van der Waals surface area contributed by atoms with Crippen molar-refractivity contribution >= 4 is 27.0 Å². The molecule has 0 aromatic carbocycles. The zero-order valence-electron chi connectivity index (χ0n) is 8.91. The number of rotatable bonds is 5. The maximum absolute atomic E-state index is 6.15. The first-order valence-corrected chi connectivity index (χ1v) is 11.7. The minimum absolute atomic E-state index is 1.24. The van der Waals surface area contributed by atoms with E-state index in [0.717, 1.165) is 0 Å². The molecule has 0 saturated carbocycles. The fourth-order valence-electron chi connectivity index (χ4n) is 1.31. The van der Waals surface area contributed by atoms with Gasteiger partial charge in [0.1, 0.15) is 0 Å². The number of halogens is 1. The van der Waals surface area contributed by atoms with Crippen LogP contribution in [0.15, 0.2) is 0 Å². The maximum atomic E-state index is 6.15. The Kier molecular flexibility index (Phi) is 5.06. The fraction of sp³-hybridized carbons (Fsp3) is 1.00. The minimum Gasteiger partial charge on any atom is -0.445 e. The molecule has 0 aliphatic heterocycles. The van der Waals surface area contributed by atoms with E-state index in [4.69, 9.17) is 15.2 Å². The molecule has 0 radical (unpaired) electrons. The first kappa shape index (κ1) is 12.7. The molecule has 0 amide bonds. The van der Waals surface area contributed by atoms with Crippen molar-refractivity contribution in [1.29, 1.82) is 0 Å². The monoisotopic (exact) mass is 224 g/mol. The topological polar surface area (TPSA) is 9.23 Å². The second-order valence-electron chi connectivity index (χ2n) is 4.33. The molecule has 0 aliphatic rings. The van der Waals surface area contributed by atoms with Gasteiger partial charge < -0.3 is 4.12 Å². The van der Waals surface area contributed by atoms with Gasteiger partial charge in [0.2, 0.25) is 0 Å². The second-order valence-corrected chi connectivity index (χ2v) is 14.6. The maximum Gasteiger partial charge on any atom is 0.274 e. The molecule has 0 unspecified atom stereocenters. The molecule has 0 bridgehead atoms. The predicted octanol–water partition coefficient (Wildman–Crippen LogP) is 3.95. The van der Waals surface area contributed by atoms with Crippen LogP contribution in [-0.2, 0) is 4.12 Å². The molecule has 0 fully saturated rings. The van der Waals surface area contributed by atoms with Crippen LogP contribution in [-0.4, -0.2) is 15.9 Å². The van der Waals surface area contributed by atoms with Crippen LogP contribution in [0.5, 0.6) is 0 Å². The van der Waals surface area contributed by atoms with Crippen LogP contribution in [0, 0.1) is 0 Å². The third-order valence-electron chi connectivity index (χ3n) is 1.65. The van der Waals surface area contributed by atoms with Gasteiger partial charge in [0.15, 0.2) is 8.32 Å². The third kappa shape index (κ3) is 7.34. The van der Waals surface area contributed by atoms with Crippen LogP contribution < -0.4 is 0 Å². The van der Waals surface area contributed by atoms with E-state index in [1.807, 2.05) is 0 Å². The van der Waals surface area contributed by atoms with E-state index in [9.17, 15) is 0 Å². The van der Waals surface area contributed by atoms with Crippen LogP contribution in [0.25, 0.3) is 0 Å². The summed E-state index contributed by atoms with van der Waals surface area (Å²) in [4.78, 5) is 0. The van der Waals surface area contributed by atoms with Gasteiger partial charge in [-0.15, -0.1) is 11.1 Å². The Balaban J connectivity index is 3.86. The van der Waals surface area contributed by atoms with E-state index in [2.05, 4.69) is 33.1 Å². The molecule has 1 nitrogen and oxygen atoms in total. The van der Waals surface area contributed by atoms with Crippen molar-refractivity contribution < 1.29 is 4.12 Å². The highest BCUT2D eigenvalue weighted by molar-refractivity contribution is 7.17. The Morgan fingerprint density at radius 2 is 1.67 bits per heavy atom. The third-order valence-corrected chi connectivity index (χ3v) is 8.06. The van der Waals surface area contributed by atoms with Crippen molar-refractivity contribution in [2.24, 2.45) is 0 Å². The molecule has 0 saturated heterocycles. The van der Waals surface area contributed by atoms with Crippen molar-refractivity contribution in [3.63, 3.8) is 0 Å². The normalized spacial score (nSPS) is 13.5. The highest BCUT2D eigenvalue weighted by Gasteiger charge is 2.30. The van der Waals surface area contributed by atoms with Gasteiger partial charge in [-0.25, -0.2) is 0 Å². The molecule has 74 valence electrons. The van der Waals surface area contributed by atoms with Crippen molar-refractivity contribution in [2.75, 3.05) is 0 Å². The molecular weight excluding hydrogens is 204 g/mol. The highest BCUT2D eigenvalue weighted by atomic mass is 35.6. The van der Waals surface area contributed by atoms with Gasteiger partial charge in [-0.2, -0.15) is 0 Å². The lowest BCUT2D eigenvalue weighted by Crippen LogP contribution is -2.40. The lowest BCUT2D eigenvalue weighted by atomic mass is 10.4. The van der Waals surface area contributed by atoms with E-state index < -0.39 is 15.9 Å². The van der Waals surface area contributed by atoms with Crippen molar-refractivity contribution in [1.82, 2.24) is 0 Å². The summed E-state index contributed by atoms with van der Waals surface area (Å²) < 4.78 is 5.97. The summed E-state index contributed by atoms with van der Waals surface area (Å²) in [7, 11) is -3.24. The molecular formula is C8H21ClOSi2. The molecule has 0 aromatic heterocycles. The summed E-state index contributed by atoms with van der Waals surface area (Å²) in [6.45, 7) is 10.8. The van der Waals surface area contributed by atoms with Gasteiger partial charge in [-0.3, -0.25) is 0 Å². The SMILES string of the molecule is CCCC[Si](C)(C)O[Si](C)(C)Cl. The highest BCUT2D eigenvalue weighted by Crippen LogP contribution is 2.22. The van der Waals surface area contributed by atoms with Gasteiger partial charge in [-0.1, -0.05) is 19.8 Å². The summed E-state index contributed by atoms with van der Waals surface area (Å²) in [5.74, 6) is 0. The van der Waals surface area contributed by atoms with Crippen LogP contribution in [0.2, 0.25) is 32.2 Å². The van der Waals surface area contributed by atoms with Gasteiger partial charge in [0.05, 0.1) is 0 Å². The molecule has 0 heterocycles. The van der Waals surface area contributed by atoms with Crippen LogP contribution in [0.3, 0.4) is 0 Å². The Morgan fingerprint density at radius 3 is 2.00 bits per heavy atom. The standard InChI is InChI=1S/C8H21ClOSi2/c1-6-7-8-11(2,3)10-12(4,5)9/h6-8H2,1-5H3. The number of hydrogen-bond acceptors (Lipinski definition) is 1. The van der Waals surface area contributed by atoms with Crippen LogP contribution in [0.4, 0.5) is 0 Å². The number of unbranched alkanes of at least 4 members (excludes halogenated alkanes) is 1. The Morgan fingerprint density at radius 1 is 1.17 bits per heavy atom. The van der Waals surface area contributed by atoms with Crippen molar-refractivity contribution in [3.05, 3.63) is 0 Å². The van der Waals surface area contributed by atoms with E-state index >= 15 is 0 Å². The van der Waals surface area contributed by atoms with Gasteiger partial charge in [0.25, 0.3) is 7.63 Å². The zero-order valence-corrected chi connectivity index (χ0v) is 11.7. The average molecular weight is 225 g/mol. The largest absolute Gasteiger partial charge is 0.445 e. The smallest absolute Gasteiger partial charge is 0.274 e. The minimum atomic E-state index is -1.81. The summed E-state index contributed by atoms with van der Waals surface area (Å²) in [6.07, 6.45) is 2.53. The van der Waals surface area contributed by atoms with Gasteiger partial charge in [0, 0.05) is 0 Å². The molecule has 12 heavy (non-hydrogen) atoms. The van der Waals surface area contributed by atoms with Crippen molar-refractivity contribution in [3.8, 4) is 0 Å². The second kappa shape index (κ2) is 4.79. The first-order valence-electron chi connectivity index (χ1n) is 4.66. The van der Waals surface area contributed by atoms with Crippen LogP contribution >= 0.6 is 11.1 Å². The quantitative estimate of drug-likeness (QED) is 0.508. The summed E-state index contributed by atoms with van der Waals surface area (Å²) >= 11 is 6.15. The fourth-order valence-corrected chi connectivity index (χ4v) is 10.1. The average Bonchev–Trinajstić information content (AvgIpc) is 1.78. The zero-order chi connectivity index (χ0) is 9.83. The molecule has 0 aliphatic carbocycles. The molecule has 0 N–H and O–H groups in total. The summed E-state index contributed by atoms with van der Waals surface area (Å²) in [5, 5.41) is 0. The predicted molar refractivity (Wildman–Crippen MR) is 61.6 cm³/mol. The van der Waals surface area contributed by atoms with Crippen molar-refractivity contribution in [2.45, 2.75) is 52.0 Å². The molecule has 0 rings (SSSR count). The number of hydrogen-bond donors (Lipinski definition) is 0. The molecule has 0 aromatic rings. The molecule has 4 heteroatoms. The van der Waals surface area contributed by atoms with Gasteiger partial charge in [-0.05, 0) is 32.2 Å². The summed E-state index contributed by atoms with van der Waals surface area (Å²) in [6, 6.07) is 1.24. The van der Waals surface area contributed by atoms with E-state index in [0.29, 0.717) is 0 Å². The lowest BCUT2D eigenvalue weighted by molar-refractivity contribution is 0.556. The van der Waals surface area contributed by atoms with E-state index in [-0.39, 0.29) is 0 Å². The molecule has 0 spiro atoms.